The predicted molar refractivity (Wildman–Crippen MR) is 74.7 cm³/mol. The summed E-state index contributed by atoms with van der Waals surface area (Å²) < 4.78 is 5.12. The van der Waals surface area contributed by atoms with Crippen LogP contribution in [0.4, 0.5) is 0 Å². The van der Waals surface area contributed by atoms with Crippen LogP contribution in [0.25, 0.3) is 0 Å². The summed E-state index contributed by atoms with van der Waals surface area (Å²) in [6, 6.07) is 0. The molecule has 15 heavy (non-hydrogen) atoms. The summed E-state index contributed by atoms with van der Waals surface area (Å²) >= 11 is 6.28. The van der Waals surface area contributed by atoms with Crippen molar-refractivity contribution < 1.29 is 0 Å². The van der Waals surface area contributed by atoms with Crippen molar-refractivity contribution in [3.8, 4) is 0 Å². The molecule has 0 saturated heterocycles. The molecular formula is C11H27ClN2S. The highest BCUT2D eigenvalue weighted by Crippen LogP contribution is 2.54. The third kappa shape index (κ3) is 3.26. The maximum absolute atomic E-state index is 6.28. The van der Waals surface area contributed by atoms with Crippen LogP contribution >= 0.6 is 22.0 Å². The Balaban J connectivity index is 4.98. The average molecular weight is 255 g/mol. The van der Waals surface area contributed by atoms with Crippen molar-refractivity contribution in [2.24, 2.45) is 0 Å². The molecule has 0 aliphatic rings. The molecule has 0 aromatic rings. The van der Waals surface area contributed by atoms with E-state index in [1.807, 2.05) is 0 Å². The fourth-order valence-corrected chi connectivity index (χ4v) is 6.85. The van der Waals surface area contributed by atoms with Crippen molar-refractivity contribution in [1.29, 1.82) is 0 Å². The SMILES string of the molecule is CCN(CC)S(CC)(CCl)N(CC)CC. The molecule has 0 aliphatic carbocycles. The second-order valence-electron chi connectivity index (χ2n) is 3.43. The third-order valence-corrected chi connectivity index (χ3v) is 8.29. The summed E-state index contributed by atoms with van der Waals surface area (Å²) in [6.45, 7) is 15.6. The highest BCUT2D eigenvalue weighted by atomic mass is 35.5. The summed E-state index contributed by atoms with van der Waals surface area (Å²) in [6.07, 6.45) is 0. The maximum atomic E-state index is 6.28. The lowest BCUT2D eigenvalue weighted by Gasteiger charge is -2.53. The molecule has 0 atom stereocenters. The van der Waals surface area contributed by atoms with Crippen LogP contribution in [0.5, 0.6) is 0 Å². The zero-order chi connectivity index (χ0) is 11.9. The Morgan fingerprint density at radius 3 is 1.27 bits per heavy atom. The Labute approximate surface area is 103 Å². The molecular weight excluding hydrogens is 228 g/mol. The molecule has 94 valence electrons. The molecule has 0 fully saturated rings. The van der Waals surface area contributed by atoms with Gasteiger partial charge in [0.15, 0.2) is 0 Å². The molecule has 0 radical (unpaired) electrons. The van der Waals surface area contributed by atoms with Gasteiger partial charge in [-0.05, 0) is 0 Å². The fourth-order valence-electron chi connectivity index (χ4n) is 2.15. The smallest absolute Gasteiger partial charge is 0.0763 e. The van der Waals surface area contributed by atoms with E-state index >= 15 is 0 Å². The van der Waals surface area contributed by atoms with Crippen molar-refractivity contribution in [3.05, 3.63) is 0 Å². The van der Waals surface area contributed by atoms with Gasteiger partial charge in [-0.2, -0.15) is 0 Å². The molecule has 0 unspecified atom stereocenters. The monoisotopic (exact) mass is 254 g/mol. The molecule has 0 saturated carbocycles. The molecule has 0 rings (SSSR count). The lowest BCUT2D eigenvalue weighted by atomic mass is 10.7. The molecule has 0 aromatic carbocycles. The van der Waals surface area contributed by atoms with E-state index in [2.05, 4.69) is 43.2 Å². The van der Waals surface area contributed by atoms with E-state index in [0.717, 1.165) is 31.4 Å². The van der Waals surface area contributed by atoms with Gasteiger partial charge in [0.1, 0.15) is 0 Å². The van der Waals surface area contributed by atoms with Gasteiger partial charge in [-0.15, -0.1) is 22.0 Å². The summed E-state index contributed by atoms with van der Waals surface area (Å²) in [5.41, 5.74) is 0. The molecule has 0 heterocycles. The van der Waals surface area contributed by atoms with Crippen molar-refractivity contribution in [1.82, 2.24) is 8.61 Å². The molecule has 0 amide bonds. The summed E-state index contributed by atoms with van der Waals surface area (Å²) in [4.78, 5) is 0. The minimum atomic E-state index is -0.922. The fraction of sp³-hybridized carbons (Fsp3) is 1.00. The van der Waals surface area contributed by atoms with E-state index in [-0.39, 0.29) is 0 Å². The first-order chi connectivity index (χ1) is 7.16. The highest BCUT2D eigenvalue weighted by Gasteiger charge is 2.31. The number of halogens is 1. The van der Waals surface area contributed by atoms with Crippen LogP contribution < -0.4 is 0 Å². The topological polar surface area (TPSA) is 6.48 Å². The quantitative estimate of drug-likeness (QED) is 0.612. The van der Waals surface area contributed by atoms with E-state index in [4.69, 9.17) is 11.6 Å². The number of hydrogen-bond acceptors (Lipinski definition) is 2. The van der Waals surface area contributed by atoms with Gasteiger partial charge in [-0.3, -0.25) is 8.61 Å². The zero-order valence-corrected chi connectivity index (χ0v) is 12.5. The standard InChI is InChI=1S/C11H27ClN2S/c1-6-13(7-2)15(10-5,11-12)14(8-3)9-4/h6-11H2,1-5H3. The Kier molecular flexibility index (Phi) is 8.06. The first-order valence-electron chi connectivity index (χ1n) is 6.01. The molecule has 0 aromatic heterocycles. The number of alkyl halides is 1. The second-order valence-corrected chi connectivity index (χ2v) is 7.52. The van der Waals surface area contributed by atoms with E-state index in [9.17, 15) is 0 Å². The van der Waals surface area contributed by atoms with Gasteiger partial charge in [-0.25, -0.2) is 0 Å². The number of hydrogen-bond donors (Lipinski definition) is 0. The Hall–Kier alpha value is 0.560. The van der Waals surface area contributed by atoms with Crippen LogP contribution in [-0.2, 0) is 0 Å². The normalized spacial score (nSPS) is 13.9. The minimum Gasteiger partial charge on any atom is -0.256 e. The van der Waals surface area contributed by atoms with Crippen molar-refractivity contribution in [3.63, 3.8) is 0 Å². The van der Waals surface area contributed by atoms with Crippen LogP contribution in [0.1, 0.15) is 34.6 Å². The van der Waals surface area contributed by atoms with Gasteiger partial charge in [0.2, 0.25) is 0 Å². The van der Waals surface area contributed by atoms with Crippen molar-refractivity contribution in [2.45, 2.75) is 34.6 Å². The van der Waals surface area contributed by atoms with Crippen LogP contribution in [-0.4, -0.2) is 45.8 Å². The highest BCUT2D eigenvalue weighted by molar-refractivity contribution is 8.30. The summed E-state index contributed by atoms with van der Waals surface area (Å²) in [5.74, 6) is 1.17. The largest absolute Gasteiger partial charge is 0.256 e. The first-order valence-corrected chi connectivity index (χ1v) is 8.43. The van der Waals surface area contributed by atoms with Gasteiger partial charge in [0.25, 0.3) is 0 Å². The van der Waals surface area contributed by atoms with Crippen molar-refractivity contribution >= 4 is 22.0 Å². The third-order valence-electron chi connectivity index (χ3n) is 3.01. The van der Waals surface area contributed by atoms with Crippen molar-refractivity contribution in [2.75, 3.05) is 37.1 Å². The van der Waals surface area contributed by atoms with E-state index in [1.165, 1.54) is 5.75 Å². The Morgan fingerprint density at radius 2 is 1.13 bits per heavy atom. The molecule has 4 heteroatoms. The molecule has 0 N–H and O–H groups in total. The lowest BCUT2D eigenvalue weighted by molar-refractivity contribution is 0.430. The average Bonchev–Trinajstić information content (AvgIpc) is 2.29. The van der Waals surface area contributed by atoms with E-state index < -0.39 is 10.4 Å². The first kappa shape index (κ1) is 15.6. The summed E-state index contributed by atoms with van der Waals surface area (Å²) in [7, 11) is -0.922. The van der Waals surface area contributed by atoms with Gasteiger partial charge >= 0.3 is 0 Å². The predicted octanol–water partition coefficient (Wildman–Crippen LogP) is 3.52. The van der Waals surface area contributed by atoms with E-state index in [0.29, 0.717) is 0 Å². The zero-order valence-electron chi connectivity index (χ0n) is 10.9. The van der Waals surface area contributed by atoms with Crippen LogP contribution in [0, 0.1) is 0 Å². The van der Waals surface area contributed by atoms with Crippen LogP contribution in [0.15, 0.2) is 0 Å². The van der Waals surface area contributed by atoms with Gasteiger partial charge < -0.3 is 0 Å². The number of nitrogens with zero attached hydrogens (tertiary/aromatic N) is 2. The van der Waals surface area contributed by atoms with Gasteiger partial charge in [0.05, 0.1) is 5.21 Å². The molecule has 0 spiro atoms. The van der Waals surface area contributed by atoms with Crippen LogP contribution in [0.3, 0.4) is 0 Å². The van der Waals surface area contributed by atoms with Crippen LogP contribution in [0.2, 0.25) is 0 Å². The lowest BCUT2D eigenvalue weighted by Crippen LogP contribution is -2.42. The second kappa shape index (κ2) is 7.77. The molecule has 2 nitrogen and oxygen atoms in total. The molecule has 0 aliphatic heterocycles. The minimum absolute atomic E-state index is 0.771. The maximum Gasteiger partial charge on any atom is 0.0763 e. The van der Waals surface area contributed by atoms with Gasteiger partial charge in [-0.1, -0.05) is 34.6 Å². The Bertz CT molecular complexity index is 141. The van der Waals surface area contributed by atoms with Gasteiger partial charge in [0, 0.05) is 31.9 Å². The molecule has 0 bridgehead atoms. The van der Waals surface area contributed by atoms with E-state index in [1.54, 1.807) is 0 Å². The Morgan fingerprint density at radius 1 is 0.800 bits per heavy atom. The number of rotatable bonds is 8. The summed E-state index contributed by atoms with van der Waals surface area (Å²) in [5, 5.41) is 0.771.